The molecule has 0 aliphatic heterocycles. The van der Waals surface area contributed by atoms with Crippen molar-refractivity contribution < 1.29 is 4.79 Å². The zero-order valence-corrected chi connectivity index (χ0v) is 21.4. The number of allylic oxidation sites excluding steroid dienone is 1. The van der Waals surface area contributed by atoms with Gasteiger partial charge in [-0.15, -0.1) is 21.9 Å². The first-order valence-electron chi connectivity index (χ1n) is 9.85. The van der Waals surface area contributed by atoms with Crippen molar-refractivity contribution in [2.24, 2.45) is 0 Å². The standard InChI is InChI=1S/C22H19BrN6OS3/c1-2-12-29-19(16-8-10-17(23)11-9-16)25-21(28-29)31-14-18(30)24-20-26-27-22(33-20)32-13-15-6-4-3-5-7-15/h2-11H,1,12-14H2,(H,24,26,30). The van der Waals surface area contributed by atoms with Gasteiger partial charge in [0, 0.05) is 15.8 Å². The molecule has 0 radical (unpaired) electrons. The van der Waals surface area contributed by atoms with Crippen molar-refractivity contribution in [1.82, 2.24) is 25.0 Å². The Morgan fingerprint density at radius 3 is 2.67 bits per heavy atom. The number of thioether (sulfide) groups is 2. The third kappa shape index (κ3) is 6.76. The topological polar surface area (TPSA) is 85.6 Å². The van der Waals surface area contributed by atoms with Crippen LogP contribution >= 0.6 is 50.8 Å². The van der Waals surface area contributed by atoms with Crippen LogP contribution < -0.4 is 5.32 Å². The molecule has 2 aromatic heterocycles. The molecule has 2 heterocycles. The predicted octanol–water partition coefficient (Wildman–Crippen LogP) is 5.77. The first-order chi connectivity index (χ1) is 16.1. The van der Waals surface area contributed by atoms with E-state index >= 15 is 0 Å². The number of halogens is 1. The van der Waals surface area contributed by atoms with Gasteiger partial charge in [-0.2, -0.15) is 0 Å². The molecular weight excluding hydrogens is 540 g/mol. The van der Waals surface area contributed by atoms with Gasteiger partial charge in [-0.3, -0.25) is 10.1 Å². The number of benzene rings is 2. The minimum Gasteiger partial charge on any atom is -0.300 e. The zero-order chi connectivity index (χ0) is 23.0. The van der Waals surface area contributed by atoms with Crippen molar-refractivity contribution >= 4 is 61.8 Å². The lowest BCUT2D eigenvalue weighted by Crippen LogP contribution is -2.14. The Balaban J connectivity index is 1.32. The Labute approximate surface area is 212 Å². The van der Waals surface area contributed by atoms with E-state index in [1.807, 2.05) is 42.5 Å². The molecule has 0 aliphatic carbocycles. The van der Waals surface area contributed by atoms with Crippen molar-refractivity contribution in [3.05, 3.63) is 77.3 Å². The predicted molar refractivity (Wildman–Crippen MR) is 139 cm³/mol. The highest BCUT2D eigenvalue weighted by atomic mass is 79.9. The van der Waals surface area contributed by atoms with Crippen LogP contribution in [0.15, 0.2) is 81.2 Å². The summed E-state index contributed by atoms with van der Waals surface area (Å²) in [5, 5.41) is 16.5. The molecule has 2 aromatic carbocycles. The number of carbonyl (C=O) groups is 1. The minimum atomic E-state index is -0.180. The summed E-state index contributed by atoms with van der Waals surface area (Å²) in [6.45, 7) is 4.31. The highest BCUT2D eigenvalue weighted by Crippen LogP contribution is 2.29. The fraction of sp³-hybridized carbons (Fsp3) is 0.136. The van der Waals surface area contributed by atoms with Crippen LogP contribution in [0.4, 0.5) is 5.13 Å². The molecule has 11 heteroatoms. The van der Waals surface area contributed by atoms with Crippen LogP contribution in [0.1, 0.15) is 5.56 Å². The monoisotopic (exact) mass is 558 g/mol. The third-order valence-corrected chi connectivity index (χ3v) is 7.66. The van der Waals surface area contributed by atoms with E-state index in [2.05, 4.69) is 60.2 Å². The van der Waals surface area contributed by atoms with Gasteiger partial charge in [-0.05, 0) is 17.7 Å². The van der Waals surface area contributed by atoms with E-state index < -0.39 is 0 Å². The first kappa shape index (κ1) is 23.7. The molecule has 0 saturated heterocycles. The summed E-state index contributed by atoms with van der Waals surface area (Å²) in [7, 11) is 0. The molecular formula is C22H19BrN6OS3. The van der Waals surface area contributed by atoms with Gasteiger partial charge in [0.1, 0.15) is 0 Å². The Morgan fingerprint density at radius 1 is 1.12 bits per heavy atom. The average Bonchev–Trinajstić information content (AvgIpc) is 3.44. The van der Waals surface area contributed by atoms with E-state index in [0.29, 0.717) is 16.8 Å². The van der Waals surface area contributed by atoms with Crippen molar-refractivity contribution in [3.8, 4) is 11.4 Å². The van der Waals surface area contributed by atoms with E-state index in [1.165, 1.54) is 28.7 Å². The van der Waals surface area contributed by atoms with Crippen molar-refractivity contribution in [2.75, 3.05) is 11.1 Å². The van der Waals surface area contributed by atoms with Crippen LogP contribution in [0, 0.1) is 0 Å². The number of hydrogen-bond donors (Lipinski definition) is 1. The first-order valence-corrected chi connectivity index (χ1v) is 13.4. The van der Waals surface area contributed by atoms with E-state index in [9.17, 15) is 4.79 Å². The van der Waals surface area contributed by atoms with E-state index in [-0.39, 0.29) is 11.7 Å². The lowest BCUT2D eigenvalue weighted by Gasteiger charge is -2.02. The number of anilines is 1. The second-order valence-electron chi connectivity index (χ2n) is 6.68. The second-order valence-corrected chi connectivity index (χ2v) is 10.7. The van der Waals surface area contributed by atoms with Gasteiger partial charge in [-0.25, -0.2) is 9.67 Å². The normalized spacial score (nSPS) is 10.8. The molecule has 168 valence electrons. The van der Waals surface area contributed by atoms with E-state index in [1.54, 1.807) is 22.5 Å². The molecule has 0 atom stereocenters. The van der Waals surface area contributed by atoms with Gasteiger partial charge in [0.05, 0.1) is 12.3 Å². The molecule has 1 amide bonds. The van der Waals surface area contributed by atoms with Gasteiger partial charge in [0.25, 0.3) is 0 Å². The summed E-state index contributed by atoms with van der Waals surface area (Å²) in [5.74, 6) is 1.53. The second kappa shape index (κ2) is 11.6. The number of nitrogens with zero attached hydrogens (tertiary/aromatic N) is 5. The van der Waals surface area contributed by atoms with Crippen molar-refractivity contribution in [3.63, 3.8) is 0 Å². The van der Waals surface area contributed by atoms with Crippen molar-refractivity contribution in [1.29, 1.82) is 0 Å². The molecule has 0 aliphatic rings. The molecule has 0 unspecified atom stereocenters. The SMILES string of the molecule is C=CCn1nc(SCC(=O)Nc2nnc(SCc3ccccc3)s2)nc1-c1ccc(Br)cc1. The molecule has 0 spiro atoms. The Hall–Kier alpha value is -2.47. The number of aromatic nitrogens is 5. The maximum absolute atomic E-state index is 12.4. The minimum absolute atomic E-state index is 0.171. The van der Waals surface area contributed by atoms with Crippen LogP contribution in [0.5, 0.6) is 0 Å². The quantitative estimate of drug-likeness (QED) is 0.150. The largest absolute Gasteiger partial charge is 0.300 e. The number of amides is 1. The molecule has 1 N–H and O–H groups in total. The summed E-state index contributed by atoms with van der Waals surface area (Å²) in [4.78, 5) is 17.0. The Kier molecular flexibility index (Phi) is 8.32. The third-order valence-electron chi connectivity index (χ3n) is 4.25. The van der Waals surface area contributed by atoms with Crippen LogP contribution in [-0.4, -0.2) is 36.6 Å². The number of rotatable bonds is 10. The summed E-state index contributed by atoms with van der Waals surface area (Å²) >= 11 is 7.67. The van der Waals surface area contributed by atoms with Crippen LogP contribution in [0.25, 0.3) is 11.4 Å². The van der Waals surface area contributed by atoms with Gasteiger partial charge in [0.15, 0.2) is 10.2 Å². The van der Waals surface area contributed by atoms with Gasteiger partial charge in [-0.1, -0.05) is 99.3 Å². The number of nitrogens with one attached hydrogen (secondary N) is 1. The molecule has 4 aromatic rings. The number of carbonyl (C=O) groups excluding carboxylic acids is 1. The highest BCUT2D eigenvalue weighted by molar-refractivity contribution is 9.10. The lowest BCUT2D eigenvalue weighted by atomic mass is 10.2. The zero-order valence-electron chi connectivity index (χ0n) is 17.3. The van der Waals surface area contributed by atoms with Crippen LogP contribution in [0.3, 0.4) is 0 Å². The molecule has 33 heavy (non-hydrogen) atoms. The maximum atomic E-state index is 12.4. The summed E-state index contributed by atoms with van der Waals surface area (Å²) < 4.78 is 3.58. The maximum Gasteiger partial charge on any atom is 0.236 e. The fourth-order valence-electron chi connectivity index (χ4n) is 2.77. The smallest absolute Gasteiger partial charge is 0.236 e. The van der Waals surface area contributed by atoms with Crippen LogP contribution in [-0.2, 0) is 17.1 Å². The summed E-state index contributed by atoms with van der Waals surface area (Å²) in [6, 6.07) is 18.0. The van der Waals surface area contributed by atoms with Crippen LogP contribution in [0.2, 0.25) is 0 Å². The van der Waals surface area contributed by atoms with E-state index in [0.717, 1.165) is 26.0 Å². The molecule has 0 bridgehead atoms. The van der Waals surface area contributed by atoms with E-state index in [4.69, 9.17) is 0 Å². The lowest BCUT2D eigenvalue weighted by molar-refractivity contribution is -0.113. The Bertz CT molecular complexity index is 1230. The van der Waals surface area contributed by atoms with Gasteiger partial charge in [0.2, 0.25) is 16.2 Å². The van der Waals surface area contributed by atoms with Gasteiger partial charge >= 0.3 is 0 Å². The Morgan fingerprint density at radius 2 is 1.91 bits per heavy atom. The molecule has 0 fully saturated rings. The highest BCUT2D eigenvalue weighted by Gasteiger charge is 2.14. The summed E-state index contributed by atoms with van der Waals surface area (Å²) in [6.07, 6.45) is 1.76. The molecule has 7 nitrogen and oxygen atoms in total. The fourth-order valence-corrected chi connectivity index (χ4v) is 5.40. The average molecular weight is 560 g/mol. The molecule has 4 rings (SSSR count). The molecule has 0 saturated carbocycles. The van der Waals surface area contributed by atoms with Crippen molar-refractivity contribution in [2.45, 2.75) is 21.8 Å². The summed E-state index contributed by atoms with van der Waals surface area (Å²) in [5.41, 5.74) is 2.16. The number of hydrogen-bond acceptors (Lipinski definition) is 8. The van der Waals surface area contributed by atoms with Gasteiger partial charge < -0.3 is 0 Å².